The highest BCUT2D eigenvalue weighted by Crippen LogP contribution is 2.47. The van der Waals surface area contributed by atoms with Crippen LogP contribution >= 0.6 is 0 Å². The van der Waals surface area contributed by atoms with Crippen LogP contribution in [0.1, 0.15) is 88.4 Å². The van der Waals surface area contributed by atoms with Crippen molar-refractivity contribution in [3.05, 3.63) is 89.7 Å². The zero-order chi connectivity index (χ0) is 42.9. The van der Waals surface area contributed by atoms with Gasteiger partial charge in [-0.1, -0.05) is 38.1 Å². The Balaban J connectivity index is 1.13. The van der Waals surface area contributed by atoms with Crippen molar-refractivity contribution in [3.63, 3.8) is 0 Å². The molecule has 6 atom stereocenters. The predicted octanol–water partition coefficient (Wildman–Crippen LogP) is 6.04. The molecular weight excluding hydrogens is 774 g/mol. The Morgan fingerprint density at radius 3 is 1.38 bits per heavy atom. The number of likely N-dealkylation sites (tertiary alicyclic amines) is 2. The number of ether oxygens (including phenoxy) is 2. The summed E-state index contributed by atoms with van der Waals surface area (Å²) in [5.41, 5.74) is 4.01. The zero-order valence-corrected chi connectivity index (χ0v) is 34.4. The molecule has 3 aliphatic rings. The minimum Gasteiger partial charge on any atom is -0.453 e. The van der Waals surface area contributed by atoms with Gasteiger partial charge in [0.25, 0.3) is 0 Å². The van der Waals surface area contributed by atoms with Gasteiger partial charge in [-0.05, 0) is 111 Å². The van der Waals surface area contributed by atoms with Crippen LogP contribution in [0.4, 0.5) is 31.0 Å². The fourth-order valence-electron chi connectivity index (χ4n) is 8.55. The van der Waals surface area contributed by atoms with Crippen LogP contribution in [0.15, 0.2) is 72.8 Å². The van der Waals surface area contributed by atoms with E-state index in [0.717, 1.165) is 29.7 Å². The third-order valence-electron chi connectivity index (χ3n) is 11.7. The lowest BCUT2D eigenvalue weighted by Crippen LogP contribution is -2.52. The van der Waals surface area contributed by atoms with Gasteiger partial charge >= 0.3 is 12.2 Å². The summed E-state index contributed by atoms with van der Waals surface area (Å²) in [4.78, 5) is 82.5. The maximum atomic E-state index is 14.1. The van der Waals surface area contributed by atoms with E-state index in [0.29, 0.717) is 63.0 Å². The van der Waals surface area contributed by atoms with Gasteiger partial charge in [0.1, 0.15) is 30.0 Å². The Kier molecular flexibility index (Phi) is 14.3. The molecule has 6 amide bonds. The minimum atomic E-state index is -0.798. The molecule has 3 fully saturated rings. The van der Waals surface area contributed by atoms with E-state index in [9.17, 15) is 33.2 Å². The van der Waals surface area contributed by atoms with Gasteiger partial charge in [-0.2, -0.15) is 0 Å². The molecular formula is C44H54FN7O8. The molecule has 0 spiro atoms. The largest absolute Gasteiger partial charge is 0.453 e. The maximum absolute atomic E-state index is 14.1. The zero-order valence-electron chi connectivity index (χ0n) is 34.4. The number of hydrogen-bond donors (Lipinski definition) is 4. The van der Waals surface area contributed by atoms with E-state index in [-0.39, 0.29) is 41.5 Å². The second-order valence-electron chi connectivity index (χ2n) is 15.3. The van der Waals surface area contributed by atoms with E-state index in [2.05, 4.69) is 35.6 Å². The number of amides is 6. The molecule has 16 heteroatoms. The van der Waals surface area contributed by atoms with Crippen molar-refractivity contribution in [2.75, 3.05) is 42.8 Å². The van der Waals surface area contributed by atoms with E-state index < -0.39 is 36.4 Å². The van der Waals surface area contributed by atoms with Crippen molar-refractivity contribution in [2.24, 2.45) is 0 Å². The van der Waals surface area contributed by atoms with Gasteiger partial charge in [0.05, 0.1) is 26.3 Å². The number of benzene rings is 3. The van der Waals surface area contributed by atoms with E-state index in [4.69, 9.17) is 0 Å². The van der Waals surface area contributed by atoms with Crippen molar-refractivity contribution in [1.29, 1.82) is 0 Å². The van der Waals surface area contributed by atoms with Crippen molar-refractivity contribution in [3.8, 4) is 0 Å². The maximum Gasteiger partial charge on any atom is 0.407 e. The molecule has 0 aromatic heterocycles. The Hall–Kier alpha value is -6.19. The van der Waals surface area contributed by atoms with Crippen LogP contribution < -0.4 is 26.2 Å². The topological polar surface area (TPSA) is 179 Å². The van der Waals surface area contributed by atoms with Crippen LogP contribution in [0.2, 0.25) is 0 Å². The number of anilines is 3. The lowest BCUT2D eigenvalue weighted by molar-refractivity contribution is -0.138. The highest BCUT2D eigenvalue weighted by Gasteiger charge is 2.40. The first-order chi connectivity index (χ1) is 29.0. The number of alkyl carbamates (subject to hydrolysis) is 2. The van der Waals surface area contributed by atoms with Crippen molar-refractivity contribution < 1.29 is 42.6 Å². The van der Waals surface area contributed by atoms with Gasteiger partial charge < -0.3 is 45.4 Å². The highest BCUT2D eigenvalue weighted by atomic mass is 19.1. The normalized spacial score (nSPS) is 20.9. The van der Waals surface area contributed by atoms with Crippen molar-refractivity contribution in [2.45, 2.75) is 101 Å². The molecule has 320 valence electrons. The van der Waals surface area contributed by atoms with E-state index in [1.165, 1.54) is 36.2 Å². The van der Waals surface area contributed by atoms with Crippen LogP contribution in [0.25, 0.3) is 0 Å². The summed E-state index contributed by atoms with van der Waals surface area (Å²) in [5, 5.41) is 11.1. The Morgan fingerprint density at radius 2 is 1.02 bits per heavy atom. The summed E-state index contributed by atoms with van der Waals surface area (Å²) in [7, 11) is 2.46. The molecule has 0 radical (unpaired) electrons. The molecule has 3 heterocycles. The SMILES string of the molecule is CC[C@H](NC(=O)OC)C(=O)N1CCCC1C(=O)Nc1ccc([C@@H]2CC[C@@H](c3ccc(NC(=O)[C@@H]4CCCN4C(=O)[C@H](CC)NC(=O)OC)cc3)N2c2ccc(F)cc2)cc1. The fourth-order valence-corrected chi connectivity index (χ4v) is 8.55. The third kappa shape index (κ3) is 9.80. The first kappa shape index (κ1) is 43.4. The molecule has 15 nitrogen and oxygen atoms in total. The van der Waals surface area contributed by atoms with Crippen molar-refractivity contribution >= 4 is 52.9 Å². The summed E-state index contributed by atoms with van der Waals surface area (Å²) in [6, 6.07) is 18.5. The first-order valence-electron chi connectivity index (χ1n) is 20.6. The summed E-state index contributed by atoms with van der Waals surface area (Å²) >= 11 is 0. The summed E-state index contributed by atoms with van der Waals surface area (Å²) < 4.78 is 23.5. The molecule has 3 aliphatic heterocycles. The summed E-state index contributed by atoms with van der Waals surface area (Å²) in [6.07, 6.45) is 3.21. The Labute approximate surface area is 349 Å². The monoisotopic (exact) mass is 827 g/mol. The van der Waals surface area contributed by atoms with E-state index in [1.54, 1.807) is 26.0 Å². The van der Waals surface area contributed by atoms with E-state index >= 15 is 0 Å². The van der Waals surface area contributed by atoms with E-state index in [1.807, 2.05) is 48.5 Å². The standard InChI is InChI=1S/C44H54FN7O8/c1-5-33(48-43(57)59-3)41(55)50-25-7-9-37(50)39(53)46-30-17-11-27(12-18-30)35-23-24-36(52(35)32-21-15-29(45)16-22-32)28-13-19-31(20-14-28)47-40(54)38-10-8-26-51(38)42(56)34(6-2)49-44(58)60-4/h11-22,33-38H,5-10,23-26H2,1-4H3,(H,46,53)(H,47,54)(H,48,57)(H,49,58)/t33-,34-,35-,36-,37-,38?/m0/s1. The first-order valence-corrected chi connectivity index (χ1v) is 20.6. The lowest BCUT2D eigenvalue weighted by Gasteiger charge is -2.33. The number of nitrogens with one attached hydrogen (secondary N) is 4. The lowest BCUT2D eigenvalue weighted by atomic mass is 10.0. The number of halogens is 1. The highest BCUT2D eigenvalue weighted by molar-refractivity contribution is 5.99. The van der Waals surface area contributed by atoms with Gasteiger partial charge in [0.15, 0.2) is 0 Å². The summed E-state index contributed by atoms with van der Waals surface area (Å²) in [5.74, 6) is -1.60. The Morgan fingerprint density at radius 1 is 0.617 bits per heavy atom. The van der Waals surface area contributed by atoms with Crippen LogP contribution in [0.5, 0.6) is 0 Å². The number of hydrogen-bond acceptors (Lipinski definition) is 9. The van der Waals surface area contributed by atoms with Gasteiger partial charge in [-0.25, -0.2) is 14.0 Å². The average Bonchev–Trinajstić information content (AvgIpc) is 4.06. The minimum absolute atomic E-state index is 0.0765. The molecule has 1 unspecified atom stereocenters. The smallest absolute Gasteiger partial charge is 0.407 e. The molecule has 4 N–H and O–H groups in total. The second kappa shape index (κ2) is 19.7. The van der Waals surface area contributed by atoms with Gasteiger partial charge in [0, 0.05) is 30.2 Å². The predicted molar refractivity (Wildman–Crippen MR) is 222 cm³/mol. The number of methoxy groups -OCH3 is 2. The molecule has 0 aliphatic carbocycles. The van der Waals surface area contributed by atoms with Crippen LogP contribution in [-0.2, 0) is 28.7 Å². The number of carbonyl (C=O) groups excluding carboxylic acids is 6. The number of rotatable bonds is 13. The quantitative estimate of drug-likeness (QED) is 0.160. The second-order valence-corrected chi connectivity index (χ2v) is 15.3. The molecule has 3 aromatic rings. The number of carbonyl (C=O) groups is 6. The number of nitrogens with zero attached hydrogens (tertiary/aromatic N) is 3. The third-order valence-corrected chi connectivity index (χ3v) is 11.7. The molecule has 0 saturated carbocycles. The van der Waals surface area contributed by atoms with Gasteiger partial charge in [-0.15, -0.1) is 0 Å². The van der Waals surface area contributed by atoms with Crippen LogP contribution in [0.3, 0.4) is 0 Å². The van der Waals surface area contributed by atoms with Gasteiger partial charge in [-0.3, -0.25) is 19.2 Å². The molecule has 60 heavy (non-hydrogen) atoms. The van der Waals surface area contributed by atoms with Crippen molar-refractivity contribution in [1.82, 2.24) is 20.4 Å². The molecule has 3 aromatic carbocycles. The Bertz CT molecular complexity index is 1890. The van der Waals surface area contributed by atoms with Crippen LogP contribution in [-0.4, -0.2) is 97.1 Å². The molecule has 0 bridgehead atoms. The average molecular weight is 828 g/mol. The fraction of sp³-hybridized carbons (Fsp3) is 0.455. The summed E-state index contributed by atoms with van der Waals surface area (Å²) in [6.45, 7) is 4.38. The molecule has 6 rings (SSSR count). The molecule has 3 saturated heterocycles. The van der Waals surface area contributed by atoms with Gasteiger partial charge in [0.2, 0.25) is 23.6 Å². The van der Waals surface area contributed by atoms with Crippen LogP contribution in [0, 0.1) is 5.82 Å².